The van der Waals surface area contributed by atoms with Gasteiger partial charge in [0.2, 0.25) is 0 Å². The summed E-state index contributed by atoms with van der Waals surface area (Å²) in [6, 6.07) is 9.77. The van der Waals surface area contributed by atoms with Crippen LogP contribution in [0.1, 0.15) is 36.6 Å². The van der Waals surface area contributed by atoms with E-state index in [0.29, 0.717) is 24.7 Å². The van der Waals surface area contributed by atoms with E-state index in [4.69, 9.17) is 18.9 Å². The second-order valence-corrected chi connectivity index (χ2v) is 6.69. The number of ether oxygens (including phenoxy) is 4. The Bertz CT molecular complexity index is 867. The van der Waals surface area contributed by atoms with Crippen LogP contribution in [0.3, 0.4) is 0 Å². The molecule has 1 aliphatic rings. The number of fused-ring (bicyclic) bond motifs is 1. The maximum Gasteiger partial charge on any atom is 0.161 e. The molecule has 2 aromatic rings. The van der Waals surface area contributed by atoms with Crippen molar-refractivity contribution in [3.63, 3.8) is 0 Å². The van der Waals surface area contributed by atoms with Gasteiger partial charge in [-0.05, 0) is 49.7 Å². The Morgan fingerprint density at radius 3 is 2.41 bits per heavy atom. The van der Waals surface area contributed by atoms with E-state index in [2.05, 4.69) is 17.4 Å². The van der Waals surface area contributed by atoms with Gasteiger partial charge in [-0.25, -0.2) is 0 Å². The summed E-state index contributed by atoms with van der Waals surface area (Å²) in [5.41, 5.74) is 3.45. The van der Waals surface area contributed by atoms with Gasteiger partial charge in [0.1, 0.15) is 12.6 Å². The van der Waals surface area contributed by atoms with Crippen molar-refractivity contribution in [2.75, 3.05) is 33.5 Å². The number of hydrogen-bond acceptors (Lipinski definition) is 6. The minimum atomic E-state index is -1.28. The van der Waals surface area contributed by atoms with Crippen LogP contribution in [0.25, 0.3) is 0 Å². The molecule has 7 heteroatoms. The fourth-order valence-corrected chi connectivity index (χ4v) is 3.64. The van der Waals surface area contributed by atoms with Crippen molar-refractivity contribution in [3.8, 4) is 23.0 Å². The molecule has 0 aromatic heterocycles. The molecule has 2 N–H and O–H groups in total. The Kier molecular flexibility index (Phi) is 6.82. The van der Waals surface area contributed by atoms with Crippen LogP contribution in [0.2, 0.25) is 0 Å². The summed E-state index contributed by atoms with van der Waals surface area (Å²) < 4.78 is 22.3. The minimum absolute atomic E-state index is 0.0673. The topological polar surface area (TPSA) is 93.7 Å². The molecule has 29 heavy (non-hydrogen) atoms. The van der Waals surface area contributed by atoms with E-state index >= 15 is 0 Å². The van der Waals surface area contributed by atoms with Gasteiger partial charge in [-0.1, -0.05) is 0 Å². The van der Waals surface area contributed by atoms with Gasteiger partial charge in [-0.3, -0.25) is 0 Å². The molecule has 0 fully saturated rings. The standard InChI is InChI=1S/C22H27NO6/c1-4-27-19-10-14-8-9-23-22(16(14)12-20(19)28-5-2)15-6-7-17(18(11-15)26-3)29-13-21(24)25/h6-7,10-12,22-23H,4-5,8-9,13H2,1-3H3,(H,24,25)/t22-/m0/s1. The molecule has 0 saturated heterocycles. The van der Waals surface area contributed by atoms with Crippen LogP contribution in [0.4, 0.5) is 0 Å². The highest BCUT2D eigenvalue weighted by atomic mass is 16.5. The molecule has 7 nitrogen and oxygen atoms in total. The van der Waals surface area contributed by atoms with Gasteiger partial charge in [0.05, 0.1) is 32.8 Å². The monoisotopic (exact) mass is 401 g/mol. The zero-order valence-corrected chi connectivity index (χ0v) is 17.0. The van der Waals surface area contributed by atoms with Crippen molar-refractivity contribution >= 4 is 5.97 Å². The Labute approximate surface area is 170 Å². The van der Waals surface area contributed by atoms with Gasteiger partial charge in [0, 0.05) is 17.5 Å². The van der Waals surface area contributed by atoms with Gasteiger partial charge >= 0.3 is 0 Å². The summed E-state index contributed by atoms with van der Waals surface area (Å²) in [5, 5.41) is 13.0. The van der Waals surface area contributed by atoms with Crippen molar-refractivity contribution in [2.45, 2.75) is 26.3 Å². The Balaban J connectivity index is 1.97. The SMILES string of the molecule is CCOc1cc2c(cc1OCC)[C@H](c1ccc(OCC(=O)[O-])c(OC)c1)[NH2+]CC2. The van der Waals surface area contributed by atoms with Crippen LogP contribution < -0.4 is 29.4 Å². The molecule has 0 bridgehead atoms. The summed E-state index contributed by atoms with van der Waals surface area (Å²) in [4.78, 5) is 10.7. The van der Waals surface area contributed by atoms with E-state index in [-0.39, 0.29) is 6.04 Å². The Morgan fingerprint density at radius 2 is 1.76 bits per heavy atom. The number of carbonyl (C=O) groups excluding carboxylic acids is 1. The first-order chi connectivity index (χ1) is 14.1. The molecule has 0 radical (unpaired) electrons. The Morgan fingerprint density at radius 1 is 1.03 bits per heavy atom. The average molecular weight is 401 g/mol. The number of methoxy groups -OCH3 is 1. The molecule has 3 rings (SSSR count). The molecule has 1 atom stereocenters. The third-order valence-electron chi connectivity index (χ3n) is 4.85. The smallest absolute Gasteiger partial charge is 0.161 e. The number of carboxylic acids is 1. The lowest BCUT2D eigenvalue weighted by Crippen LogP contribution is -2.87. The number of carbonyl (C=O) groups is 1. The summed E-state index contributed by atoms with van der Waals surface area (Å²) in [5.74, 6) is 1.10. The van der Waals surface area contributed by atoms with E-state index in [1.54, 1.807) is 6.07 Å². The predicted octanol–water partition coefficient (Wildman–Crippen LogP) is 0.830. The lowest BCUT2D eigenvalue weighted by Gasteiger charge is -2.26. The summed E-state index contributed by atoms with van der Waals surface area (Å²) in [6.07, 6.45) is 0.947. The zero-order valence-electron chi connectivity index (χ0n) is 17.0. The fraction of sp³-hybridized carbons (Fsp3) is 0.409. The number of aliphatic carboxylic acids is 1. The second kappa shape index (κ2) is 9.52. The lowest BCUT2D eigenvalue weighted by molar-refractivity contribution is -0.690. The van der Waals surface area contributed by atoms with Crippen LogP contribution >= 0.6 is 0 Å². The molecule has 0 unspecified atom stereocenters. The van der Waals surface area contributed by atoms with Crippen molar-refractivity contribution < 1.29 is 34.2 Å². The number of benzene rings is 2. The molecule has 1 heterocycles. The van der Waals surface area contributed by atoms with Crippen molar-refractivity contribution in [1.82, 2.24) is 0 Å². The van der Waals surface area contributed by atoms with Crippen molar-refractivity contribution in [3.05, 3.63) is 47.0 Å². The van der Waals surface area contributed by atoms with Crippen LogP contribution in [0, 0.1) is 0 Å². The highest BCUT2D eigenvalue weighted by Crippen LogP contribution is 2.38. The average Bonchev–Trinajstić information content (AvgIpc) is 2.72. The highest BCUT2D eigenvalue weighted by Gasteiger charge is 2.28. The first kappa shape index (κ1) is 20.8. The highest BCUT2D eigenvalue weighted by molar-refractivity contribution is 5.66. The van der Waals surface area contributed by atoms with Crippen LogP contribution in [-0.2, 0) is 11.2 Å². The van der Waals surface area contributed by atoms with Gasteiger partial charge in [0.15, 0.2) is 23.0 Å². The van der Waals surface area contributed by atoms with E-state index in [1.165, 1.54) is 18.2 Å². The number of quaternary nitrogens is 1. The number of carboxylic acid groups (broad SMARTS) is 1. The third-order valence-corrected chi connectivity index (χ3v) is 4.85. The third kappa shape index (κ3) is 4.74. The largest absolute Gasteiger partial charge is 0.546 e. The molecule has 0 aliphatic carbocycles. The van der Waals surface area contributed by atoms with Crippen molar-refractivity contribution in [1.29, 1.82) is 0 Å². The zero-order chi connectivity index (χ0) is 20.8. The molecule has 156 valence electrons. The van der Waals surface area contributed by atoms with E-state index in [0.717, 1.165) is 30.0 Å². The molecule has 0 saturated carbocycles. The maximum absolute atomic E-state index is 10.7. The molecule has 2 aromatic carbocycles. The van der Waals surface area contributed by atoms with Gasteiger partial charge in [-0.15, -0.1) is 0 Å². The number of hydrogen-bond donors (Lipinski definition) is 1. The number of rotatable bonds is 9. The molecule has 0 amide bonds. The second-order valence-electron chi connectivity index (χ2n) is 6.69. The van der Waals surface area contributed by atoms with Crippen LogP contribution in [0.15, 0.2) is 30.3 Å². The summed E-state index contributed by atoms with van der Waals surface area (Å²) in [7, 11) is 1.53. The fourth-order valence-electron chi connectivity index (χ4n) is 3.64. The molecule has 0 spiro atoms. The van der Waals surface area contributed by atoms with E-state index < -0.39 is 12.6 Å². The lowest BCUT2D eigenvalue weighted by atomic mass is 9.89. The predicted molar refractivity (Wildman–Crippen MR) is 105 cm³/mol. The Hall–Kier alpha value is -2.93. The van der Waals surface area contributed by atoms with E-state index in [9.17, 15) is 9.90 Å². The molecular weight excluding hydrogens is 374 g/mol. The van der Waals surface area contributed by atoms with E-state index in [1.807, 2.05) is 26.0 Å². The van der Waals surface area contributed by atoms with Gasteiger partial charge < -0.3 is 34.2 Å². The van der Waals surface area contributed by atoms with Crippen LogP contribution in [0.5, 0.6) is 23.0 Å². The van der Waals surface area contributed by atoms with Gasteiger partial charge in [-0.2, -0.15) is 0 Å². The maximum atomic E-state index is 10.7. The van der Waals surface area contributed by atoms with Crippen molar-refractivity contribution in [2.24, 2.45) is 0 Å². The van der Waals surface area contributed by atoms with Gasteiger partial charge in [0.25, 0.3) is 0 Å². The first-order valence-electron chi connectivity index (χ1n) is 9.83. The molecule has 1 aliphatic heterocycles. The summed E-state index contributed by atoms with van der Waals surface area (Å²) in [6.45, 7) is 5.48. The first-order valence-corrected chi connectivity index (χ1v) is 9.83. The number of nitrogens with two attached hydrogens (primary N) is 1. The van der Waals surface area contributed by atoms with Crippen LogP contribution in [-0.4, -0.2) is 39.4 Å². The normalized spacial score (nSPS) is 15.3. The summed E-state index contributed by atoms with van der Waals surface area (Å²) >= 11 is 0. The minimum Gasteiger partial charge on any atom is -0.546 e. The quantitative estimate of drug-likeness (QED) is 0.669. The molecular formula is C22H27NO6.